The van der Waals surface area contributed by atoms with E-state index >= 15 is 0 Å². The zero-order chi connectivity index (χ0) is 16.8. The van der Waals surface area contributed by atoms with Gasteiger partial charge in [-0.3, -0.25) is 24.6 Å². The van der Waals surface area contributed by atoms with Gasteiger partial charge in [-0.2, -0.15) is 0 Å². The Hall–Kier alpha value is -2.31. The predicted molar refractivity (Wildman–Crippen MR) is 93.5 cm³/mol. The zero-order valence-corrected chi connectivity index (χ0v) is 13.9. The molecule has 1 fully saturated rings. The van der Waals surface area contributed by atoms with Crippen molar-refractivity contribution in [2.75, 3.05) is 38.0 Å². The van der Waals surface area contributed by atoms with E-state index in [-0.39, 0.29) is 5.91 Å². The van der Waals surface area contributed by atoms with Gasteiger partial charge in [-0.15, -0.1) is 0 Å². The van der Waals surface area contributed by atoms with Crippen LogP contribution in [-0.4, -0.2) is 58.4 Å². The molecule has 0 radical (unpaired) electrons. The molecule has 0 aromatic carbocycles. The van der Waals surface area contributed by atoms with Gasteiger partial charge in [-0.25, -0.2) is 0 Å². The summed E-state index contributed by atoms with van der Waals surface area (Å²) in [5, 5.41) is 2.88. The highest BCUT2D eigenvalue weighted by Gasteiger charge is 2.23. The standard InChI is InChI=1S/C18H23N5O/c1-15(16-4-2-6-19-12-16)23-10-8-22(9-11-23)14-18(24)21-17-5-3-7-20-13-17/h2-7,12-13,15H,8-11,14H2,1H3,(H,21,24)/t15-/m0/s1. The highest BCUT2D eigenvalue weighted by atomic mass is 16.2. The first-order valence-corrected chi connectivity index (χ1v) is 8.28. The molecule has 1 amide bonds. The van der Waals surface area contributed by atoms with Crippen molar-refractivity contribution in [1.29, 1.82) is 0 Å². The van der Waals surface area contributed by atoms with Crippen LogP contribution in [0.5, 0.6) is 0 Å². The summed E-state index contributed by atoms with van der Waals surface area (Å²) in [4.78, 5) is 24.9. The average Bonchev–Trinajstić information content (AvgIpc) is 2.63. The number of piperazine rings is 1. The van der Waals surface area contributed by atoms with Crippen LogP contribution in [0.25, 0.3) is 0 Å². The van der Waals surface area contributed by atoms with E-state index < -0.39 is 0 Å². The van der Waals surface area contributed by atoms with E-state index in [1.807, 2.05) is 24.4 Å². The molecule has 1 aliphatic heterocycles. The molecule has 1 N–H and O–H groups in total. The molecule has 126 valence electrons. The van der Waals surface area contributed by atoms with Crippen LogP contribution >= 0.6 is 0 Å². The maximum absolute atomic E-state index is 12.1. The van der Waals surface area contributed by atoms with Crippen LogP contribution < -0.4 is 5.32 Å². The summed E-state index contributed by atoms with van der Waals surface area (Å²) < 4.78 is 0. The third-order valence-electron chi connectivity index (χ3n) is 4.43. The summed E-state index contributed by atoms with van der Waals surface area (Å²) in [5.41, 5.74) is 1.98. The van der Waals surface area contributed by atoms with Gasteiger partial charge in [0.25, 0.3) is 0 Å². The first-order valence-electron chi connectivity index (χ1n) is 8.28. The molecule has 1 atom stereocenters. The molecule has 1 saturated heterocycles. The van der Waals surface area contributed by atoms with Crippen molar-refractivity contribution in [3.63, 3.8) is 0 Å². The summed E-state index contributed by atoms with van der Waals surface area (Å²) in [6, 6.07) is 8.10. The Morgan fingerprint density at radius 2 is 1.83 bits per heavy atom. The van der Waals surface area contributed by atoms with Crippen LogP contribution in [0.4, 0.5) is 5.69 Å². The molecule has 0 unspecified atom stereocenters. The second kappa shape index (κ2) is 7.99. The molecular weight excluding hydrogens is 302 g/mol. The maximum atomic E-state index is 12.1. The summed E-state index contributed by atoms with van der Waals surface area (Å²) in [7, 11) is 0. The van der Waals surface area contributed by atoms with Gasteiger partial charge in [-0.05, 0) is 30.7 Å². The normalized spacial score (nSPS) is 17.4. The van der Waals surface area contributed by atoms with E-state index in [2.05, 4.69) is 38.1 Å². The Balaban J connectivity index is 1.46. The zero-order valence-electron chi connectivity index (χ0n) is 13.9. The van der Waals surface area contributed by atoms with E-state index in [0.29, 0.717) is 12.6 Å². The molecule has 2 aromatic rings. The van der Waals surface area contributed by atoms with Gasteiger partial charge in [0.2, 0.25) is 5.91 Å². The van der Waals surface area contributed by atoms with E-state index in [4.69, 9.17) is 0 Å². The predicted octanol–water partition coefficient (Wildman–Crippen LogP) is 1.79. The summed E-state index contributed by atoms with van der Waals surface area (Å²) >= 11 is 0. The Morgan fingerprint density at radius 3 is 2.46 bits per heavy atom. The third kappa shape index (κ3) is 4.37. The number of hydrogen-bond acceptors (Lipinski definition) is 5. The quantitative estimate of drug-likeness (QED) is 0.908. The minimum absolute atomic E-state index is 0.0109. The number of anilines is 1. The Morgan fingerprint density at radius 1 is 1.12 bits per heavy atom. The van der Waals surface area contributed by atoms with Crippen molar-refractivity contribution >= 4 is 11.6 Å². The lowest BCUT2D eigenvalue weighted by Crippen LogP contribution is -2.49. The smallest absolute Gasteiger partial charge is 0.238 e. The van der Waals surface area contributed by atoms with Crippen LogP contribution in [-0.2, 0) is 4.79 Å². The summed E-state index contributed by atoms with van der Waals surface area (Å²) in [6.45, 7) is 6.33. The van der Waals surface area contributed by atoms with Crippen molar-refractivity contribution in [3.05, 3.63) is 54.6 Å². The van der Waals surface area contributed by atoms with E-state index in [9.17, 15) is 4.79 Å². The van der Waals surface area contributed by atoms with Gasteiger partial charge in [0.15, 0.2) is 0 Å². The fourth-order valence-corrected chi connectivity index (χ4v) is 2.98. The van der Waals surface area contributed by atoms with Crippen molar-refractivity contribution < 1.29 is 4.79 Å². The molecule has 2 aromatic heterocycles. The van der Waals surface area contributed by atoms with Gasteiger partial charge in [-0.1, -0.05) is 6.07 Å². The largest absolute Gasteiger partial charge is 0.324 e. The Bertz CT molecular complexity index is 641. The van der Waals surface area contributed by atoms with Crippen LogP contribution in [0, 0.1) is 0 Å². The minimum atomic E-state index is 0.0109. The molecule has 6 nitrogen and oxygen atoms in total. The topological polar surface area (TPSA) is 61.4 Å². The molecule has 6 heteroatoms. The van der Waals surface area contributed by atoms with Crippen LogP contribution in [0.15, 0.2) is 49.1 Å². The third-order valence-corrected chi connectivity index (χ3v) is 4.43. The monoisotopic (exact) mass is 325 g/mol. The molecular formula is C18H23N5O. The summed E-state index contributed by atoms with van der Waals surface area (Å²) in [5.74, 6) is 0.0109. The molecule has 0 aliphatic carbocycles. The van der Waals surface area contributed by atoms with Gasteiger partial charge >= 0.3 is 0 Å². The average molecular weight is 325 g/mol. The number of aromatic nitrogens is 2. The highest BCUT2D eigenvalue weighted by Crippen LogP contribution is 2.20. The SMILES string of the molecule is C[C@@H](c1cccnc1)N1CCN(CC(=O)Nc2cccnc2)CC1. The number of nitrogens with one attached hydrogen (secondary N) is 1. The van der Waals surface area contributed by atoms with E-state index in [0.717, 1.165) is 31.9 Å². The Kier molecular flexibility index (Phi) is 5.51. The van der Waals surface area contributed by atoms with E-state index in [1.165, 1.54) is 5.56 Å². The van der Waals surface area contributed by atoms with Crippen LogP contribution in [0.1, 0.15) is 18.5 Å². The number of rotatable bonds is 5. The fourth-order valence-electron chi connectivity index (χ4n) is 2.98. The van der Waals surface area contributed by atoms with Gasteiger partial charge < -0.3 is 5.32 Å². The Labute approximate surface area is 142 Å². The number of hydrogen-bond donors (Lipinski definition) is 1. The summed E-state index contributed by atoms with van der Waals surface area (Å²) in [6.07, 6.45) is 7.08. The van der Waals surface area contributed by atoms with Crippen molar-refractivity contribution in [3.8, 4) is 0 Å². The molecule has 0 saturated carbocycles. The van der Waals surface area contributed by atoms with Crippen LogP contribution in [0.3, 0.4) is 0 Å². The first kappa shape index (κ1) is 16.5. The number of nitrogens with zero attached hydrogens (tertiary/aromatic N) is 4. The second-order valence-electron chi connectivity index (χ2n) is 6.06. The van der Waals surface area contributed by atoms with Gasteiger partial charge in [0.05, 0.1) is 18.4 Å². The van der Waals surface area contributed by atoms with Crippen molar-refractivity contribution in [1.82, 2.24) is 19.8 Å². The molecule has 3 heterocycles. The highest BCUT2D eigenvalue weighted by molar-refractivity contribution is 5.92. The lowest BCUT2D eigenvalue weighted by atomic mass is 10.1. The van der Waals surface area contributed by atoms with Gasteiger partial charge in [0, 0.05) is 50.8 Å². The number of carbonyl (C=O) groups is 1. The molecule has 1 aliphatic rings. The number of carbonyl (C=O) groups excluding carboxylic acids is 1. The van der Waals surface area contributed by atoms with Crippen LogP contribution in [0.2, 0.25) is 0 Å². The molecule has 3 rings (SSSR count). The van der Waals surface area contributed by atoms with Crippen molar-refractivity contribution in [2.45, 2.75) is 13.0 Å². The maximum Gasteiger partial charge on any atom is 0.238 e. The lowest BCUT2D eigenvalue weighted by Gasteiger charge is -2.37. The molecule has 0 bridgehead atoms. The number of amides is 1. The first-order chi connectivity index (χ1) is 11.7. The van der Waals surface area contributed by atoms with Gasteiger partial charge in [0.1, 0.15) is 0 Å². The minimum Gasteiger partial charge on any atom is -0.324 e. The number of pyridine rings is 2. The fraction of sp³-hybridized carbons (Fsp3) is 0.389. The van der Waals surface area contributed by atoms with Crippen molar-refractivity contribution in [2.24, 2.45) is 0 Å². The molecule has 0 spiro atoms. The molecule has 24 heavy (non-hydrogen) atoms. The lowest BCUT2D eigenvalue weighted by molar-refractivity contribution is -0.117. The second-order valence-corrected chi connectivity index (χ2v) is 6.06. The van der Waals surface area contributed by atoms with E-state index in [1.54, 1.807) is 18.6 Å².